The van der Waals surface area contributed by atoms with Crippen molar-refractivity contribution in [1.82, 2.24) is 4.90 Å². The molecule has 0 radical (unpaired) electrons. The number of carbonyl (C=O) groups is 4. The summed E-state index contributed by atoms with van der Waals surface area (Å²) in [4.78, 5) is 49.6. The molecule has 4 rings (SSSR count). The monoisotopic (exact) mass is 550 g/mol. The van der Waals surface area contributed by atoms with Crippen molar-refractivity contribution in [3.63, 3.8) is 0 Å². The number of hydrogen-bond acceptors (Lipinski definition) is 7. The number of benzene rings is 2. The molecule has 202 valence electrons. The highest BCUT2D eigenvalue weighted by Gasteiger charge is 2.28. The number of guanidine groups is 1. The molecule has 1 heterocycles. The summed E-state index contributed by atoms with van der Waals surface area (Å²) >= 11 is 1.02. The zero-order chi connectivity index (χ0) is 28.1. The third kappa shape index (κ3) is 6.99. The summed E-state index contributed by atoms with van der Waals surface area (Å²) in [7, 11) is 0. The second-order valence-electron chi connectivity index (χ2n) is 9.07. The molecule has 11 nitrogen and oxygen atoms in total. The molecule has 6 N–H and O–H groups in total. The number of nitrogens with one attached hydrogen (secondary N) is 2. The first-order chi connectivity index (χ1) is 18.6. The second-order valence-corrected chi connectivity index (χ2v) is 9.99. The molecule has 1 aliphatic rings. The van der Waals surface area contributed by atoms with Crippen LogP contribution < -0.4 is 15.8 Å². The number of carboxylic acid groups (broad SMARTS) is 2. The number of nitrogens with two attached hydrogens (primary N) is 1. The average molecular weight is 551 g/mol. The van der Waals surface area contributed by atoms with Gasteiger partial charge in [0, 0.05) is 18.7 Å². The number of ether oxygens (including phenoxy) is 1. The van der Waals surface area contributed by atoms with E-state index in [4.69, 9.17) is 21.0 Å². The van der Waals surface area contributed by atoms with Crippen LogP contribution >= 0.6 is 11.3 Å². The van der Waals surface area contributed by atoms with Crippen LogP contribution in [0.2, 0.25) is 0 Å². The number of hydrogen-bond donors (Lipinski definition) is 5. The topological polar surface area (TPSA) is 183 Å². The molecular weight excluding hydrogens is 524 g/mol. The molecule has 0 aliphatic heterocycles. The minimum Gasteiger partial charge on any atom is -0.480 e. The van der Waals surface area contributed by atoms with Crippen molar-refractivity contribution in [2.45, 2.75) is 31.7 Å². The Morgan fingerprint density at radius 3 is 2.49 bits per heavy atom. The molecule has 1 aliphatic carbocycles. The van der Waals surface area contributed by atoms with Crippen LogP contribution in [-0.2, 0) is 22.6 Å². The van der Waals surface area contributed by atoms with Gasteiger partial charge in [-0.3, -0.25) is 15.0 Å². The molecule has 1 atom stereocenters. The first kappa shape index (κ1) is 27.3. The van der Waals surface area contributed by atoms with E-state index in [1.54, 1.807) is 41.8 Å². The largest absolute Gasteiger partial charge is 0.480 e. The van der Waals surface area contributed by atoms with Crippen molar-refractivity contribution >= 4 is 46.8 Å². The third-order valence-corrected chi connectivity index (χ3v) is 7.23. The third-order valence-electron chi connectivity index (χ3n) is 6.26. The summed E-state index contributed by atoms with van der Waals surface area (Å²) in [5, 5.41) is 29.9. The first-order valence-electron chi connectivity index (χ1n) is 12.0. The van der Waals surface area contributed by atoms with Crippen LogP contribution in [0.3, 0.4) is 0 Å². The van der Waals surface area contributed by atoms with Crippen molar-refractivity contribution in [1.29, 1.82) is 5.41 Å². The number of amides is 1. The van der Waals surface area contributed by atoms with Crippen LogP contribution in [-0.4, -0.2) is 51.4 Å². The van der Waals surface area contributed by atoms with Crippen LogP contribution in [0.15, 0.2) is 53.9 Å². The lowest BCUT2D eigenvalue weighted by molar-refractivity contribution is -0.145. The minimum absolute atomic E-state index is 0.00910. The van der Waals surface area contributed by atoms with Gasteiger partial charge in [0.1, 0.15) is 17.2 Å². The molecule has 3 aromatic rings. The molecule has 1 aromatic heterocycles. The molecule has 0 saturated carbocycles. The summed E-state index contributed by atoms with van der Waals surface area (Å²) in [6.45, 7) is -0.480. The van der Waals surface area contributed by atoms with Crippen molar-refractivity contribution in [2.24, 2.45) is 5.73 Å². The Bertz CT molecular complexity index is 1430. The van der Waals surface area contributed by atoms with E-state index >= 15 is 0 Å². The van der Waals surface area contributed by atoms with Crippen LogP contribution in [0, 0.1) is 5.41 Å². The highest BCUT2D eigenvalue weighted by atomic mass is 32.1. The SMILES string of the molecule is N=C(N)Nc1ccc(C(=O)Oc2ccc3c(c2)CCC3CC(=O)N(CC(=O)O)Cc2csc(C(=O)O)c2)cc1. The molecular formula is C27H26N4O7S. The van der Waals surface area contributed by atoms with Crippen molar-refractivity contribution in [2.75, 3.05) is 11.9 Å². The normalized spacial score (nSPS) is 13.8. The number of carbonyl (C=O) groups excluding carboxylic acids is 2. The Hall–Kier alpha value is -4.71. The van der Waals surface area contributed by atoms with Gasteiger partial charge in [0.15, 0.2) is 5.96 Å². The molecule has 2 aromatic carbocycles. The van der Waals surface area contributed by atoms with Crippen LogP contribution in [0.25, 0.3) is 0 Å². The van der Waals surface area contributed by atoms with E-state index in [0.29, 0.717) is 35.4 Å². The summed E-state index contributed by atoms with van der Waals surface area (Å²) in [5.74, 6) is -3.07. The minimum atomic E-state index is -1.15. The fraction of sp³-hybridized carbons (Fsp3) is 0.222. The van der Waals surface area contributed by atoms with Crippen molar-refractivity contribution in [3.8, 4) is 5.75 Å². The van der Waals surface area contributed by atoms with Gasteiger partial charge in [-0.15, -0.1) is 11.3 Å². The molecule has 0 saturated heterocycles. The van der Waals surface area contributed by atoms with Gasteiger partial charge in [-0.1, -0.05) is 6.07 Å². The van der Waals surface area contributed by atoms with Gasteiger partial charge in [0.05, 0.1) is 5.56 Å². The number of fused-ring (bicyclic) bond motifs is 1. The van der Waals surface area contributed by atoms with Gasteiger partial charge >= 0.3 is 17.9 Å². The predicted molar refractivity (Wildman–Crippen MR) is 143 cm³/mol. The Labute approximate surface area is 227 Å². The maximum absolute atomic E-state index is 13.1. The zero-order valence-electron chi connectivity index (χ0n) is 20.7. The first-order valence-corrected chi connectivity index (χ1v) is 12.8. The molecule has 1 unspecified atom stereocenters. The Kier molecular flexibility index (Phi) is 8.25. The molecule has 39 heavy (non-hydrogen) atoms. The second kappa shape index (κ2) is 11.8. The smallest absolute Gasteiger partial charge is 0.345 e. The molecule has 0 bridgehead atoms. The van der Waals surface area contributed by atoms with E-state index in [1.807, 2.05) is 6.07 Å². The number of esters is 1. The molecule has 0 spiro atoms. The van der Waals surface area contributed by atoms with Gasteiger partial charge in [0.25, 0.3) is 0 Å². The van der Waals surface area contributed by atoms with Gasteiger partial charge in [-0.2, -0.15) is 0 Å². The summed E-state index contributed by atoms with van der Waals surface area (Å²) in [6, 6.07) is 13.0. The number of thiophene rings is 1. The average Bonchev–Trinajstić information content (AvgIpc) is 3.50. The van der Waals surface area contributed by atoms with E-state index in [0.717, 1.165) is 22.5 Å². The van der Waals surface area contributed by atoms with E-state index in [9.17, 15) is 24.3 Å². The van der Waals surface area contributed by atoms with Crippen LogP contribution in [0.4, 0.5) is 5.69 Å². The Balaban J connectivity index is 1.40. The fourth-order valence-corrected chi connectivity index (χ4v) is 5.24. The van der Waals surface area contributed by atoms with Gasteiger partial charge in [-0.05, 0) is 83.3 Å². The maximum atomic E-state index is 13.1. The van der Waals surface area contributed by atoms with Gasteiger partial charge in [-0.25, -0.2) is 9.59 Å². The number of nitrogens with zero attached hydrogens (tertiary/aromatic N) is 1. The maximum Gasteiger partial charge on any atom is 0.345 e. The van der Waals surface area contributed by atoms with Gasteiger partial charge < -0.3 is 30.9 Å². The highest BCUT2D eigenvalue weighted by Crippen LogP contribution is 2.38. The summed E-state index contributed by atoms with van der Waals surface area (Å²) < 4.78 is 5.52. The van der Waals surface area contributed by atoms with E-state index < -0.39 is 24.5 Å². The number of carboxylic acids is 2. The molecule has 1 amide bonds. The van der Waals surface area contributed by atoms with Crippen LogP contribution in [0.1, 0.15) is 55.5 Å². The van der Waals surface area contributed by atoms with Gasteiger partial charge in [0.2, 0.25) is 5.91 Å². The summed E-state index contributed by atoms with van der Waals surface area (Å²) in [6.07, 6.45) is 1.47. The van der Waals surface area contributed by atoms with Crippen molar-refractivity contribution in [3.05, 3.63) is 81.0 Å². The number of anilines is 1. The highest BCUT2D eigenvalue weighted by molar-refractivity contribution is 7.12. The van der Waals surface area contributed by atoms with E-state index in [2.05, 4.69) is 5.32 Å². The number of rotatable bonds is 10. The number of aryl methyl sites for hydroxylation is 1. The lowest BCUT2D eigenvalue weighted by Crippen LogP contribution is -2.35. The standard InChI is InChI=1S/C27H26N4O7S/c28-27(29)30-19-5-3-16(4-6-19)26(37)38-20-7-8-21-17(10-20)1-2-18(21)11-23(32)31(13-24(33)34)12-15-9-22(25(35)36)39-14-15/h3-10,14,18H,1-2,11-13H2,(H,33,34)(H,35,36)(H4,28,29,30). The Morgan fingerprint density at radius 1 is 1.10 bits per heavy atom. The lowest BCUT2D eigenvalue weighted by Gasteiger charge is -2.22. The summed E-state index contributed by atoms with van der Waals surface area (Å²) in [5.41, 5.74) is 8.66. The zero-order valence-corrected chi connectivity index (χ0v) is 21.5. The van der Waals surface area contributed by atoms with E-state index in [-0.39, 0.29) is 35.6 Å². The quantitative estimate of drug-likeness (QED) is 0.109. The van der Waals surface area contributed by atoms with E-state index in [1.165, 1.54) is 11.0 Å². The predicted octanol–water partition coefficient (Wildman–Crippen LogP) is 3.50. The number of aliphatic carboxylic acids is 1. The fourth-order valence-electron chi connectivity index (χ4n) is 4.50. The lowest BCUT2D eigenvalue weighted by atomic mass is 9.97. The number of aromatic carboxylic acids is 1. The van der Waals surface area contributed by atoms with Crippen molar-refractivity contribution < 1.29 is 34.1 Å². The van der Waals surface area contributed by atoms with Crippen LogP contribution in [0.5, 0.6) is 5.75 Å². The molecule has 0 fully saturated rings. The Morgan fingerprint density at radius 2 is 1.85 bits per heavy atom. The molecule has 12 heteroatoms.